The van der Waals surface area contributed by atoms with Crippen molar-refractivity contribution in [2.45, 2.75) is 63.8 Å². The number of fused-ring (bicyclic) bond motifs is 3. The molecule has 3 aliphatic rings. The molecule has 3 fully saturated rings. The molecule has 0 bridgehead atoms. The first-order valence-electron chi connectivity index (χ1n) is 6.96. The second-order valence-corrected chi connectivity index (χ2v) is 6.83. The molecular formula is C15H24O2. The number of aliphatic hydroxyl groups is 1. The highest BCUT2D eigenvalue weighted by molar-refractivity contribution is 5.23. The Hall–Kier alpha value is -0.340. The molecule has 2 nitrogen and oxygen atoms in total. The molecule has 1 aliphatic heterocycles. The summed E-state index contributed by atoms with van der Waals surface area (Å²) in [5, 5.41) is 10.6. The maximum absolute atomic E-state index is 10.6. The molecule has 2 heteroatoms. The number of allylic oxidation sites excluding steroid dienone is 1. The summed E-state index contributed by atoms with van der Waals surface area (Å²) < 4.78 is 6.10. The maximum atomic E-state index is 10.6. The number of ether oxygens (including phenoxy) is 1. The Kier molecular flexibility index (Phi) is 2.32. The Labute approximate surface area is 104 Å². The van der Waals surface area contributed by atoms with Crippen molar-refractivity contribution < 1.29 is 9.84 Å². The van der Waals surface area contributed by atoms with E-state index in [9.17, 15) is 5.11 Å². The average molecular weight is 236 g/mol. The normalized spacial score (nSPS) is 53.2. The summed E-state index contributed by atoms with van der Waals surface area (Å²) in [6, 6.07) is 0. The van der Waals surface area contributed by atoms with Crippen LogP contribution in [-0.4, -0.2) is 22.4 Å². The summed E-state index contributed by atoms with van der Waals surface area (Å²) >= 11 is 0. The fourth-order valence-electron chi connectivity index (χ4n) is 4.30. The first-order valence-corrected chi connectivity index (χ1v) is 6.96. The van der Waals surface area contributed by atoms with Crippen molar-refractivity contribution >= 4 is 0 Å². The highest BCUT2D eigenvalue weighted by Crippen LogP contribution is 2.61. The van der Waals surface area contributed by atoms with Crippen molar-refractivity contribution in [1.29, 1.82) is 0 Å². The quantitative estimate of drug-likeness (QED) is 0.561. The van der Waals surface area contributed by atoms with Crippen molar-refractivity contribution in [3.63, 3.8) is 0 Å². The Morgan fingerprint density at radius 3 is 2.76 bits per heavy atom. The van der Waals surface area contributed by atoms with Gasteiger partial charge in [0.2, 0.25) is 0 Å². The summed E-state index contributed by atoms with van der Waals surface area (Å²) in [6.07, 6.45) is 4.42. The van der Waals surface area contributed by atoms with E-state index in [0.29, 0.717) is 11.8 Å². The SMILES string of the molecule is C=C1CC[C@@]2(C(C)C)O[C@H]2C2C1CC[C@]2(C)O. The van der Waals surface area contributed by atoms with Gasteiger partial charge in [-0.25, -0.2) is 0 Å². The van der Waals surface area contributed by atoms with E-state index in [4.69, 9.17) is 4.74 Å². The highest BCUT2D eigenvalue weighted by atomic mass is 16.6. The molecule has 0 radical (unpaired) electrons. The van der Waals surface area contributed by atoms with Crippen molar-refractivity contribution in [2.24, 2.45) is 17.8 Å². The Morgan fingerprint density at radius 1 is 1.41 bits per heavy atom. The smallest absolute Gasteiger partial charge is 0.0978 e. The van der Waals surface area contributed by atoms with Gasteiger partial charge in [-0.05, 0) is 44.4 Å². The second kappa shape index (κ2) is 3.36. The van der Waals surface area contributed by atoms with Crippen molar-refractivity contribution in [3.8, 4) is 0 Å². The van der Waals surface area contributed by atoms with Gasteiger partial charge in [0.1, 0.15) is 0 Å². The fraction of sp³-hybridized carbons (Fsp3) is 0.867. The molecule has 0 aromatic rings. The lowest BCUT2D eigenvalue weighted by atomic mass is 9.77. The minimum Gasteiger partial charge on any atom is -0.390 e. The number of hydrogen-bond donors (Lipinski definition) is 1. The molecule has 1 heterocycles. The van der Waals surface area contributed by atoms with Crippen LogP contribution in [0.5, 0.6) is 0 Å². The van der Waals surface area contributed by atoms with E-state index in [1.54, 1.807) is 0 Å². The molecule has 0 aromatic carbocycles. The third-order valence-corrected chi connectivity index (χ3v) is 5.55. The monoisotopic (exact) mass is 236 g/mol. The van der Waals surface area contributed by atoms with Gasteiger partial charge in [-0.15, -0.1) is 0 Å². The lowest BCUT2D eigenvalue weighted by Crippen LogP contribution is -2.38. The van der Waals surface area contributed by atoms with Crippen molar-refractivity contribution in [1.82, 2.24) is 0 Å². The van der Waals surface area contributed by atoms with Crippen LogP contribution >= 0.6 is 0 Å². The first kappa shape index (κ1) is 11.7. The van der Waals surface area contributed by atoms with Crippen LogP contribution in [0, 0.1) is 17.8 Å². The van der Waals surface area contributed by atoms with Crippen LogP contribution in [-0.2, 0) is 4.74 Å². The third-order valence-electron chi connectivity index (χ3n) is 5.55. The molecule has 17 heavy (non-hydrogen) atoms. The summed E-state index contributed by atoms with van der Waals surface area (Å²) in [7, 11) is 0. The summed E-state index contributed by atoms with van der Waals surface area (Å²) in [5.74, 6) is 1.30. The van der Waals surface area contributed by atoms with E-state index in [-0.39, 0.29) is 17.6 Å². The molecular weight excluding hydrogens is 212 g/mol. The Bertz CT molecular complexity index is 358. The molecule has 3 rings (SSSR count). The molecule has 0 amide bonds. The van der Waals surface area contributed by atoms with Crippen molar-refractivity contribution in [2.75, 3.05) is 0 Å². The van der Waals surface area contributed by atoms with Crippen LogP contribution in [0.3, 0.4) is 0 Å². The number of rotatable bonds is 1. The molecule has 96 valence electrons. The predicted molar refractivity (Wildman–Crippen MR) is 67.7 cm³/mol. The molecule has 0 aromatic heterocycles. The van der Waals surface area contributed by atoms with Crippen LogP contribution in [0.1, 0.15) is 46.5 Å². The largest absolute Gasteiger partial charge is 0.390 e. The van der Waals surface area contributed by atoms with Gasteiger partial charge in [-0.3, -0.25) is 0 Å². The van der Waals surface area contributed by atoms with Gasteiger partial charge in [0.25, 0.3) is 0 Å². The lowest BCUT2D eigenvalue weighted by molar-refractivity contribution is 0.00193. The predicted octanol–water partition coefficient (Wildman–Crippen LogP) is 2.91. The fourth-order valence-corrected chi connectivity index (χ4v) is 4.30. The van der Waals surface area contributed by atoms with Crippen LogP contribution < -0.4 is 0 Å². The van der Waals surface area contributed by atoms with Gasteiger partial charge in [-0.1, -0.05) is 26.0 Å². The molecule has 5 atom stereocenters. The van der Waals surface area contributed by atoms with Crippen LogP contribution in [0.25, 0.3) is 0 Å². The number of epoxide rings is 1. The zero-order chi connectivity index (χ0) is 12.4. The van der Waals surface area contributed by atoms with E-state index in [1.165, 1.54) is 5.57 Å². The number of hydrogen-bond acceptors (Lipinski definition) is 2. The van der Waals surface area contributed by atoms with Crippen LogP contribution in [0.15, 0.2) is 12.2 Å². The maximum Gasteiger partial charge on any atom is 0.0978 e. The topological polar surface area (TPSA) is 32.8 Å². The van der Waals surface area contributed by atoms with E-state index in [1.807, 2.05) is 6.92 Å². The standard InChI is InChI=1S/C15H24O2/c1-9(2)15-8-5-10(3)11-6-7-14(4,16)12(11)13(15)17-15/h9,11-13,16H,3,5-8H2,1-2,4H3/t11?,12?,13-,14-,15-/m0/s1. The van der Waals surface area contributed by atoms with E-state index < -0.39 is 5.60 Å². The summed E-state index contributed by atoms with van der Waals surface area (Å²) in [5.41, 5.74) is 0.833. The van der Waals surface area contributed by atoms with Gasteiger partial charge in [0.15, 0.2) is 0 Å². The minimum atomic E-state index is -0.556. The van der Waals surface area contributed by atoms with E-state index in [0.717, 1.165) is 25.7 Å². The minimum absolute atomic E-state index is 0.0384. The third kappa shape index (κ3) is 1.47. The van der Waals surface area contributed by atoms with E-state index >= 15 is 0 Å². The highest BCUT2D eigenvalue weighted by Gasteiger charge is 2.68. The molecule has 2 aliphatic carbocycles. The lowest BCUT2D eigenvalue weighted by Gasteiger charge is -2.28. The summed E-state index contributed by atoms with van der Waals surface area (Å²) in [6.45, 7) is 10.7. The first-order chi connectivity index (χ1) is 7.88. The van der Waals surface area contributed by atoms with Crippen LogP contribution in [0.4, 0.5) is 0 Å². The van der Waals surface area contributed by atoms with Gasteiger partial charge >= 0.3 is 0 Å². The van der Waals surface area contributed by atoms with Crippen LogP contribution in [0.2, 0.25) is 0 Å². The molecule has 0 spiro atoms. The average Bonchev–Trinajstić information content (AvgIpc) is 2.88. The molecule has 1 saturated heterocycles. The van der Waals surface area contributed by atoms with Gasteiger partial charge in [0, 0.05) is 5.92 Å². The van der Waals surface area contributed by atoms with Gasteiger partial charge in [0.05, 0.1) is 17.3 Å². The molecule has 2 saturated carbocycles. The summed E-state index contributed by atoms with van der Waals surface area (Å²) in [4.78, 5) is 0. The van der Waals surface area contributed by atoms with Gasteiger partial charge in [-0.2, -0.15) is 0 Å². The van der Waals surface area contributed by atoms with Crippen molar-refractivity contribution in [3.05, 3.63) is 12.2 Å². The Morgan fingerprint density at radius 2 is 2.12 bits per heavy atom. The molecule has 1 N–H and O–H groups in total. The zero-order valence-electron chi connectivity index (χ0n) is 11.2. The zero-order valence-corrected chi connectivity index (χ0v) is 11.2. The molecule has 2 unspecified atom stereocenters. The Balaban J connectivity index is 1.96. The second-order valence-electron chi connectivity index (χ2n) is 6.83. The van der Waals surface area contributed by atoms with E-state index in [2.05, 4.69) is 20.4 Å². The van der Waals surface area contributed by atoms with Gasteiger partial charge < -0.3 is 9.84 Å².